The molecule has 0 radical (unpaired) electrons. The molecule has 0 bridgehead atoms. The van der Waals surface area contributed by atoms with E-state index >= 15 is 0 Å². The number of amides is 6. The number of likely N-dealkylation sites (N-methyl/N-ethyl adjacent to an activating group) is 6. The van der Waals surface area contributed by atoms with E-state index in [4.69, 9.17) is 102 Å². The molecule has 12 aromatic heterocycles. The highest BCUT2D eigenvalue weighted by molar-refractivity contribution is 5.93. The predicted molar refractivity (Wildman–Crippen MR) is 527 cm³/mol. The van der Waals surface area contributed by atoms with Crippen LogP contribution in [-0.2, 0) is 28.8 Å². The summed E-state index contributed by atoms with van der Waals surface area (Å²) in [6.45, 7) is -2.38. The van der Waals surface area contributed by atoms with Crippen LogP contribution in [0.25, 0.3) is 95.3 Å². The minimum absolute atomic E-state index is 0.0409. The van der Waals surface area contributed by atoms with Crippen molar-refractivity contribution in [3.8, 4) is 0 Å². The first-order valence-corrected chi connectivity index (χ1v) is 41.7. The third-order valence-corrected chi connectivity index (χ3v) is 22.0. The molecule has 42 nitrogen and oxygen atoms in total. The highest BCUT2D eigenvalue weighted by Gasteiger charge is 2.41. The minimum atomic E-state index is -4.12. The first-order valence-electron chi connectivity index (χ1n) is 65.2. The van der Waals surface area contributed by atoms with E-state index < -0.39 is 263 Å². The predicted octanol–water partition coefficient (Wildman–Crippen LogP) is 9.30. The SMILES string of the molecule is [2H]c1nc(N(C([2H])([2H])[2H])[C@@]2([2H])C([2H])([2H])N(C(=O)C([2H])([2H])[N+]#[C-])C([2H])([2H])C[C@@]2([2H])C([2H])([2H])[2H])c2cc[nH]c2n1.[2H]c1nc(N(C)[C@@H]2[C@H](C([2H])([2H])[2H])CCN(C(=O)C[N+]#[C-])C2([2H])[2H])c2cc[nH]c2n1.[2H]c1nc(N(C)[C@@H]2[C@H](C)CCN(C(=O)C[N+]#[C-])C2([2H])[2H])c2cc[nH]c2n1.[2H]c1nc(N(C)[C@@]2([2H])C([2H])([2H])N(C(=O)C([2H])([2H])[N+]#[C-])C([2H])([2H])C[C@@]2([2H])C([2H])([2H])[2H])c2cc[nH]c2n1.[2H]c1nc(N(C)[C@@]2([2H])C([2H])([2H])N(C(=O)C[N+]#[C-])CC[C@@]2([2H])C)c2cc[nH]c2n1.[2H]c1nc(N([C@@H]2[C@H](C)CCN(C(=O)C[N+]#[C-])C2([2H])[2H])C([2H])([2H])[2H])c2cc[nH]c2n1. The lowest BCUT2D eigenvalue weighted by Crippen LogP contribution is -2.53. The molecule has 12 aromatic rings. The first kappa shape index (κ1) is 54.7. The van der Waals surface area contributed by atoms with E-state index in [1.807, 2.05) is 6.92 Å². The van der Waals surface area contributed by atoms with Gasteiger partial charge in [-0.25, -0.2) is 99.2 Å². The number of aromatic nitrogens is 18. The van der Waals surface area contributed by atoms with Crippen LogP contribution in [0.4, 0.5) is 34.9 Å². The summed E-state index contributed by atoms with van der Waals surface area (Å²) in [7, 11) is 5.64. The molecule has 6 aliphatic heterocycles. The topological polar surface area (TPSA) is 417 Å². The zero-order chi connectivity index (χ0) is 140. The number of nitrogens with one attached hydrogen (secondary N) is 6. The molecule has 0 saturated carbocycles. The van der Waals surface area contributed by atoms with Gasteiger partial charge in [0.25, 0.3) is 39.2 Å². The van der Waals surface area contributed by atoms with Crippen molar-refractivity contribution < 1.29 is 93.2 Å². The Labute approximate surface area is 867 Å². The summed E-state index contributed by atoms with van der Waals surface area (Å²) in [6.07, 6.45) is 4.33. The number of fused-ring (bicyclic) bond motifs is 6. The molecule has 18 rings (SSSR count). The van der Waals surface area contributed by atoms with Crippen molar-refractivity contribution in [3.63, 3.8) is 0 Å². The van der Waals surface area contributed by atoms with Gasteiger partial charge in [-0.2, -0.15) is 0 Å². The molecule has 42 heteroatoms. The molecule has 138 heavy (non-hydrogen) atoms. The van der Waals surface area contributed by atoms with Crippen LogP contribution in [0, 0.1) is 74.9 Å². The van der Waals surface area contributed by atoms with Crippen LogP contribution in [0.1, 0.15) is 144 Å². The molecule has 6 fully saturated rings. The van der Waals surface area contributed by atoms with Gasteiger partial charge < -0.3 is 118 Å². The first-order chi connectivity index (χ1) is 84.8. The summed E-state index contributed by atoms with van der Waals surface area (Å²) < 4.78 is 388. The normalized spacial score (nSPS) is 32.9. The number of rotatable bonds is 18. The van der Waals surface area contributed by atoms with Gasteiger partial charge in [0.2, 0.25) is 0 Å². The van der Waals surface area contributed by atoms with E-state index in [2.05, 4.69) is 119 Å². The van der Waals surface area contributed by atoms with E-state index in [9.17, 15) is 30.1 Å². The van der Waals surface area contributed by atoms with Crippen molar-refractivity contribution in [2.45, 2.75) is 116 Å². The molecule has 0 aromatic carbocycles. The fraction of sp³-hybridized carbons (Fsp3) is 0.500. The standard InChI is InChI=1S/6C16H20N6O/c6*1-11-5-7-22(14(23)8-17-2)9-13(11)21(3)16-12-4-6-18-15(12)19-10-20-16/h6*4,6,10-11,13H,5,7-9H2,1,3H3,(H,18,19,20)/t6*11-,13+/m111111/s1/i1D3,3D3,7D2,8D2,9D2,10D,11D,13D;1D3,7D2,8D2,9D2,10D,11D,13D;9D2,10D,11D,13D;3D3,9D2,10D;1D3,9D2,10D;9D2,10D. The number of anilines is 6. The molecule has 6 saturated heterocycles. The number of piperidine rings is 6. The number of H-pyrrole nitrogens is 6. The zero-order valence-electron chi connectivity index (χ0n) is 122. The summed E-state index contributed by atoms with van der Waals surface area (Å²) >= 11 is 0. The maximum Gasteiger partial charge on any atom is 0.302 e. The third-order valence-electron chi connectivity index (χ3n) is 22.0. The van der Waals surface area contributed by atoms with Gasteiger partial charge in [0.15, 0.2) is 0 Å². The molecular formula is C96H120N36O6. The summed E-state index contributed by atoms with van der Waals surface area (Å²) in [5.74, 6) is -17.5. The van der Waals surface area contributed by atoms with Crippen LogP contribution in [-0.4, -0.2) is 350 Å². The largest absolute Gasteiger partial charge is 0.354 e. The number of hydrogen-bond acceptors (Lipinski definition) is 24. The molecule has 12 atom stereocenters. The monoisotopic (exact) mass is 1920 g/mol. The van der Waals surface area contributed by atoms with Crippen molar-refractivity contribution in [1.29, 1.82) is 0 Å². The van der Waals surface area contributed by atoms with Crippen LogP contribution in [0.2, 0.25) is 0 Å². The van der Waals surface area contributed by atoms with Crippen LogP contribution in [0.5, 0.6) is 0 Å². The Balaban J connectivity index is 0.000000181. The van der Waals surface area contributed by atoms with Crippen LogP contribution in [0.15, 0.2) is 111 Å². The second-order valence-electron chi connectivity index (χ2n) is 30.7. The van der Waals surface area contributed by atoms with Crippen LogP contribution < -0.4 is 29.4 Å². The van der Waals surface area contributed by atoms with Gasteiger partial charge >= 0.3 is 35.4 Å². The molecule has 6 aliphatic rings. The van der Waals surface area contributed by atoms with Crippen LogP contribution in [0.3, 0.4) is 0 Å². The highest BCUT2D eigenvalue weighted by atomic mass is 16.2. The molecule has 0 spiro atoms. The second kappa shape index (κ2) is 46.5. The van der Waals surface area contributed by atoms with Gasteiger partial charge in [0.05, 0.1) is 89.1 Å². The lowest BCUT2D eigenvalue weighted by atomic mass is 9.92. The number of carbonyl (C=O) groups excluding carboxylic acids is 6. The minimum Gasteiger partial charge on any atom is -0.354 e. The van der Waals surface area contributed by atoms with E-state index in [0.717, 1.165) is 31.5 Å². The molecule has 720 valence electrons. The second-order valence-corrected chi connectivity index (χ2v) is 30.7. The smallest absolute Gasteiger partial charge is 0.302 e. The number of nitrogens with zero attached hydrogens (tertiary/aromatic N) is 30. The van der Waals surface area contributed by atoms with Crippen LogP contribution >= 0.6 is 0 Å². The number of likely N-dealkylation sites (tertiary alicyclic amines) is 6. The Hall–Kier alpha value is -15.7. The van der Waals surface area contributed by atoms with E-state index in [1.54, 1.807) is 61.7 Å². The van der Waals surface area contributed by atoms with Gasteiger partial charge in [0.1, 0.15) is 120 Å². The van der Waals surface area contributed by atoms with Crippen molar-refractivity contribution in [1.82, 2.24) is 119 Å². The van der Waals surface area contributed by atoms with Gasteiger partial charge in [-0.05, 0) is 110 Å². The van der Waals surface area contributed by atoms with Gasteiger partial charge in [0, 0.05) is 188 Å². The van der Waals surface area contributed by atoms with Crippen molar-refractivity contribution in [2.24, 2.45) is 35.4 Å². The van der Waals surface area contributed by atoms with E-state index in [1.165, 1.54) is 61.5 Å². The average molecular weight is 1920 g/mol. The van der Waals surface area contributed by atoms with E-state index in [-0.39, 0.29) is 131 Å². The number of hydrogen-bond donors (Lipinski definition) is 6. The Kier molecular flexibility index (Phi) is 18.4. The third kappa shape index (κ3) is 23.1. The summed E-state index contributed by atoms with van der Waals surface area (Å²) in [5.41, 5.74) is 1.40. The lowest BCUT2D eigenvalue weighted by molar-refractivity contribution is -0.131. The van der Waals surface area contributed by atoms with Gasteiger partial charge in [-0.3, -0.25) is 28.8 Å². The summed E-state index contributed by atoms with van der Waals surface area (Å²) in [4.78, 5) is 165. The number of carbonyl (C=O) groups is 6. The Morgan fingerprint density at radius 3 is 0.928 bits per heavy atom. The molecule has 0 aliphatic carbocycles. The Morgan fingerprint density at radius 1 is 0.348 bits per heavy atom. The zero-order valence-corrected chi connectivity index (χ0v) is 74.7. The van der Waals surface area contributed by atoms with Crippen molar-refractivity contribution in [3.05, 3.63) is 180 Å². The van der Waals surface area contributed by atoms with Crippen molar-refractivity contribution >= 4 is 137 Å². The molecular weight excluding hydrogens is 1750 g/mol. The quantitative estimate of drug-likeness (QED) is 0.0435. The Morgan fingerprint density at radius 2 is 0.616 bits per heavy atom. The summed E-state index contributed by atoms with van der Waals surface area (Å²) in [5, 5.41) is 1.88. The van der Waals surface area contributed by atoms with Crippen molar-refractivity contribution in [2.75, 3.05) is 189 Å². The van der Waals surface area contributed by atoms with Gasteiger partial charge in [-0.15, -0.1) is 0 Å². The highest BCUT2D eigenvalue weighted by Crippen LogP contribution is 2.37. The fourth-order valence-corrected chi connectivity index (χ4v) is 14.8. The maximum atomic E-state index is 13.0. The molecule has 18 heterocycles. The van der Waals surface area contributed by atoms with Gasteiger partial charge in [-0.1, -0.05) is 41.3 Å². The Bertz CT molecular complexity index is 8860. The summed E-state index contributed by atoms with van der Waals surface area (Å²) in [6, 6.07) is -3.61. The molecule has 0 unspecified atom stereocenters. The fourth-order valence-electron chi connectivity index (χ4n) is 14.8. The maximum absolute atomic E-state index is 13.0. The molecule has 6 N–H and O–H groups in total. The number of aromatic amines is 6. The molecule has 6 amide bonds. The van der Waals surface area contributed by atoms with E-state index in [0.29, 0.717) is 62.0 Å². The lowest BCUT2D eigenvalue weighted by Gasteiger charge is -2.41. The average Bonchev–Trinajstić information content (AvgIpc) is 1.27.